The molecule has 0 aliphatic carbocycles. The molecule has 9 nitrogen and oxygen atoms in total. The smallest absolute Gasteiger partial charge is 0.295 e. The number of nitro groups is 1. The predicted octanol–water partition coefficient (Wildman–Crippen LogP) is 1.99. The number of non-ortho nitro benzene ring substituents is 1. The topological polar surface area (TPSA) is 133 Å². The zero-order valence-corrected chi connectivity index (χ0v) is 16.7. The van der Waals surface area contributed by atoms with Gasteiger partial charge in [0.25, 0.3) is 17.4 Å². The zero-order chi connectivity index (χ0) is 22.4. The second-order valence-electron chi connectivity index (χ2n) is 7.04. The average Bonchev–Trinajstić information content (AvgIpc) is 3.04. The Hall–Kier alpha value is -3.56. The molecule has 1 heterocycles. The number of benzene rings is 2. The summed E-state index contributed by atoms with van der Waals surface area (Å²) in [5.41, 5.74) is 0.474. The third-order valence-electron chi connectivity index (χ3n) is 5.03. The van der Waals surface area contributed by atoms with Crippen LogP contribution in [0.1, 0.15) is 23.6 Å². The molecule has 9 heteroatoms. The van der Waals surface area contributed by atoms with Gasteiger partial charge in [-0.2, -0.15) is 0 Å². The van der Waals surface area contributed by atoms with Crippen LogP contribution in [0.5, 0.6) is 0 Å². The number of ketones is 1. The molecule has 0 spiro atoms. The largest absolute Gasteiger partial charge is 0.507 e. The number of likely N-dealkylation sites (tertiary alicyclic amines) is 1. The number of Topliss-reactive ketones (excluding diaryl/α,β-unsaturated/α-hetero) is 1. The highest BCUT2D eigenvalue weighted by Crippen LogP contribution is 2.40. The molecule has 3 rings (SSSR count). The Balaban J connectivity index is 2.04. The van der Waals surface area contributed by atoms with Crippen molar-refractivity contribution in [1.82, 2.24) is 10.2 Å². The van der Waals surface area contributed by atoms with Gasteiger partial charge in [0.15, 0.2) is 0 Å². The lowest BCUT2D eigenvalue weighted by Crippen LogP contribution is -2.32. The maximum atomic E-state index is 12.9. The van der Waals surface area contributed by atoms with Crippen molar-refractivity contribution in [2.75, 3.05) is 26.2 Å². The molecule has 0 bridgehead atoms. The lowest BCUT2D eigenvalue weighted by molar-refractivity contribution is -0.384. The van der Waals surface area contributed by atoms with Gasteiger partial charge in [0, 0.05) is 30.8 Å². The summed E-state index contributed by atoms with van der Waals surface area (Å²) in [6, 6.07) is 13.2. The molecule has 3 N–H and O–H groups in total. The van der Waals surface area contributed by atoms with E-state index < -0.39 is 22.7 Å². The summed E-state index contributed by atoms with van der Waals surface area (Å²) in [5, 5.41) is 34.0. The maximum absolute atomic E-state index is 12.9. The summed E-state index contributed by atoms with van der Waals surface area (Å²) in [5.74, 6) is -1.92. The second kappa shape index (κ2) is 9.96. The number of hydrogen-bond acceptors (Lipinski definition) is 7. The van der Waals surface area contributed by atoms with Gasteiger partial charge in [0.1, 0.15) is 5.76 Å². The van der Waals surface area contributed by atoms with Gasteiger partial charge in [0.2, 0.25) is 0 Å². The molecule has 2 aromatic rings. The molecule has 1 aliphatic rings. The number of nitro benzene ring substituents is 1. The standard InChI is InChI=1S/C22H23N3O6/c26-13-11-23-10-5-12-24-19(16-8-4-9-17(14-16)25(30)31)18(21(28)22(24)29)20(27)15-6-2-1-3-7-15/h1-4,6-9,14,19,23,26-27H,5,10-13H2/b20-18+. The van der Waals surface area contributed by atoms with Crippen LogP contribution in [0.15, 0.2) is 60.2 Å². The van der Waals surface area contributed by atoms with Crippen molar-refractivity contribution in [3.63, 3.8) is 0 Å². The van der Waals surface area contributed by atoms with Gasteiger partial charge in [-0.3, -0.25) is 19.7 Å². The summed E-state index contributed by atoms with van der Waals surface area (Å²) in [6.45, 7) is 1.09. The Labute approximate surface area is 178 Å². The van der Waals surface area contributed by atoms with E-state index in [1.807, 2.05) is 0 Å². The molecule has 1 amide bonds. The van der Waals surface area contributed by atoms with Crippen LogP contribution in [0.3, 0.4) is 0 Å². The van der Waals surface area contributed by atoms with Crippen LogP contribution >= 0.6 is 0 Å². The summed E-state index contributed by atoms with van der Waals surface area (Å²) in [4.78, 5) is 37.7. The number of carbonyl (C=O) groups is 2. The minimum absolute atomic E-state index is 0.0186. The van der Waals surface area contributed by atoms with Crippen LogP contribution in [-0.2, 0) is 9.59 Å². The Morgan fingerprint density at radius 1 is 1.10 bits per heavy atom. The first-order chi connectivity index (χ1) is 15.0. The molecule has 162 valence electrons. The predicted molar refractivity (Wildman–Crippen MR) is 113 cm³/mol. The van der Waals surface area contributed by atoms with E-state index in [9.17, 15) is 24.8 Å². The fraction of sp³-hybridized carbons (Fsp3) is 0.273. The van der Waals surface area contributed by atoms with E-state index in [0.717, 1.165) is 0 Å². The van der Waals surface area contributed by atoms with Crippen molar-refractivity contribution < 1.29 is 24.7 Å². The molecule has 1 atom stereocenters. The quantitative estimate of drug-likeness (QED) is 0.140. The highest BCUT2D eigenvalue weighted by Gasteiger charge is 2.46. The molecule has 0 radical (unpaired) electrons. The SMILES string of the molecule is O=C1C(=O)N(CCCNCCO)C(c2cccc([N+](=O)[O-])c2)/C1=C(\O)c1ccccc1. The molecular weight excluding hydrogens is 402 g/mol. The zero-order valence-electron chi connectivity index (χ0n) is 16.7. The molecule has 1 fully saturated rings. The summed E-state index contributed by atoms with van der Waals surface area (Å²) >= 11 is 0. The van der Waals surface area contributed by atoms with E-state index in [-0.39, 0.29) is 30.2 Å². The third-order valence-corrected chi connectivity index (χ3v) is 5.03. The Morgan fingerprint density at radius 3 is 2.52 bits per heavy atom. The lowest BCUT2D eigenvalue weighted by Gasteiger charge is -2.25. The Morgan fingerprint density at radius 2 is 1.84 bits per heavy atom. The van der Waals surface area contributed by atoms with Crippen LogP contribution < -0.4 is 5.32 Å². The van der Waals surface area contributed by atoms with Gasteiger partial charge in [0.05, 0.1) is 23.1 Å². The number of amides is 1. The lowest BCUT2D eigenvalue weighted by atomic mass is 9.95. The molecule has 31 heavy (non-hydrogen) atoms. The highest BCUT2D eigenvalue weighted by atomic mass is 16.6. The van der Waals surface area contributed by atoms with E-state index >= 15 is 0 Å². The fourth-order valence-electron chi connectivity index (χ4n) is 3.60. The summed E-state index contributed by atoms with van der Waals surface area (Å²) in [7, 11) is 0. The van der Waals surface area contributed by atoms with E-state index in [1.54, 1.807) is 36.4 Å². The molecule has 0 aromatic heterocycles. The van der Waals surface area contributed by atoms with Gasteiger partial charge in [-0.1, -0.05) is 42.5 Å². The van der Waals surface area contributed by atoms with E-state index in [2.05, 4.69) is 5.32 Å². The first kappa shape index (κ1) is 22.1. The highest BCUT2D eigenvalue weighted by molar-refractivity contribution is 6.46. The molecule has 1 aliphatic heterocycles. The minimum atomic E-state index is -0.946. The number of aliphatic hydroxyl groups is 2. The third kappa shape index (κ3) is 4.79. The number of aliphatic hydroxyl groups excluding tert-OH is 2. The van der Waals surface area contributed by atoms with Crippen LogP contribution in [0, 0.1) is 10.1 Å². The van der Waals surface area contributed by atoms with Crippen molar-refractivity contribution in [3.05, 3.63) is 81.4 Å². The van der Waals surface area contributed by atoms with Crippen molar-refractivity contribution in [2.24, 2.45) is 0 Å². The van der Waals surface area contributed by atoms with Crippen LogP contribution in [-0.4, -0.2) is 58.0 Å². The number of nitrogens with zero attached hydrogens (tertiary/aromatic N) is 2. The second-order valence-corrected chi connectivity index (χ2v) is 7.04. The fourth-order valence-corrected chi connectivity index (χ4v) is 3.60. The summed E-state index contributed by atoms with van der Waals surface area (Å²) in [6.07, 6.45) is 0.490. The average molecular weight is 425 g/mol. The molecule has 0 saturated carbocycles. The Bertz CT molecular complexity index is 1010. The van der Waals surface area contributed by atoms with E-state index in [0.29, 0.717) is 30.6 Å². The first-order valence-electron chi connectivity index (χ1n) is 9.85. The number of carbonyl (C=O) groups excluding carboxylic acids is 2. The van der Waals surface area contributed by atoms with Crippen LogP contribution in [0.25, 0.3) is 5.76 Å². The normalized spacial score (nSPS) is 17.8. The molecule has 2 aromatic carbocycles. The van der Waals surface area contributed by atoms with Gasteiger partial charge >= 0.3 is 0 Å². The van der Waals surface area contributed by atoms with Crippen molar-refractivity contribution in [1.29, 1.82) is 0 Å². The molecule has 1 saturated heterocycles. The molecule has 1 unspecified atom stereocenters. The van der Waals surface area contributed by atoms with Crippen LogP contribution in [0.4, 0.5) is 5.69 Å². The number of rotatable bonds is 9. The maximum Gasteiger partial charge on any atom is 0.295 e. The first-order valence-corrected chi connectivity index (χ1v) is 9.85. The van der Waals surface area contributed by atoms with Crippen molar-refractivity contribution in [2.45, 2.75) is 12.5 Å². The van der Waals surface area contributed by atoms with E-state index in [1.165, 1.54) is 23.1 Å². The summed E-state index contributed by atoms with van der Waals surface area (Å²) < 4.78 is 0. The minimum Gasteiger partial charge on any atom is -0.507 e. The van der Waals surface area contributed by atoms with Crippen molar-refractivity contribution in [3.8, 4) is 0 Å². The number of hydrogen-bond donors (Lipinski definition) is 3. The van der Waals surface area contributed by atoms with E-state index in [4.69, 9.17) is 5.11 Å². The number of nitrogens with one attached hydrogen (secondary N) is 1. The van der Waals surface area contributed by atoms with Gasteiger partial charge < -0.3 is 20.4 Å². The Kier molecular flexibility index (Phi) is 7.11. The van der Waals surface area contributed by atoms with Gasteiger partial charge in [-0.15, -0.1) is 0 Å². The van der Waals surface area contributed by atoms with Gasteiger partial charge in [-0.25, -0.2) is 0 Å². The monoisotopic (exact) mass is 425 g/mol. The van der Waals surface area contributed by atoms with Gasteiger partial charge in [-0.05, 0) is 18.5 Å². The van der Waals surface area contributed by atoms with Crippen molar-refractivity contribution >= 4 is 23.1 Å². The van der Waals surface area contributed by atoms with Crippen LogP contribution in [0.2, 0.25) is 0 Å². The molecular formula is C22H23N3O6.